The molecule has 0 amide bonds. The Hall–Kier alpha value is -1.65. The van der Waals surface area contributed by atoms with Gasteiger partial charge in [0, 0.05) is 30.9 Å². The number of rotatable bonds is 4. The second-order valence-electron chi connectivity index (χ2n) is 4.42. The molecule has 1 unspecified atom stereocenters. The van der Waals surface area contributed by atoms with Gasteiger partial charge < -0.3 is 10.0 Å². The van der Waals surface area contributed by atoms with E-state index in [0.717, 1.165) is 31.0 Å². The summed E-state index contributed by atoms with van der Waals surface area (Å²) in [6.07, 6.45) is 4.76. The minimum Gasteiger partial charge on any atom is -0.481 e. The first-order chi connectivity index (χ1) is 8.16. The summed E-state index contributed by atoms with van der Waals surface area (Å²) in [4.78, 5) is 21.4. The first-order valence-electron chi connectivity index (χ1n) is 5.95. The van der Waals surface area contributed by atoms with E-state index in [9.17, 15) is 4.79 Å². The van der Waals surface area contributed by atoms with Crippen LogP contribution in [0.25, 0.3) is 0 Å². The first-order valence-corrected chi connectivity index (χ1v) is 5.95. The zero-order chi connectivity index (χ0) is 12.3. The third-order valence-electron chi connectivity index (χ3n) is 3.11. The minimum absolute atomic E-state index is 0.215. The number of carboxylic acid groups (broad SMARTS) is 1. The average Bonchev–Trinajstić information content (AvgIpc) is 2.74. The van der Waals surface area contributed by atoms with Gasteiger partial charge in [-0.05, 0) is 32.3 Å². The van der Waals surface area contributed by atoms with E-state index in [0.29, 0.717) is 6.42 Å². The fourth-order valence-electron chi connectivity index (χ4n) is 2.26. The van der Waals surface area contributed by atoms with Gasteiger partial charge in [-0.2, -0.15) is 0 Å². The Morgan fingerprint density at radius 1 is 1.65 bits per heavy atom. The Kier molecular flexibility index (Phi) is 3.56. The Bertz CT molecular complexity index is 408. The van der Waals surface area contributed by atoms with Crippen LogP contribution < -0.4 is 4.90 Å². The predicted molar refractivity (Wildman–Crippen MR) is 64.0 cm³/mol. The zero-order valence-corrected chi connectivity index (χ0v) is 9.96. The molecule has 1 fully saturated rings. The number of anilines is 1. The Morgan fingerprint density at radius 3 is 3.18 bits per heavy atom. The summed E-state index contributed by atoms with van der Waals surface area (Å²) in [5.74, 6) is -0.0000932. The molecule has 1 atom stereocenters. The molecule has 1 aromatic rings. The van der Waals surface area contributed by atoms with E-state index < -0.39 is 5.97 Å². The van der Waals surface area contributed by atoms with Crippen molar-refractivity contribution in [1.82, 2.24) is 9.97 Å². The highest BCUT2D eigenvalue weighted by Crippen LogP contribution is 2.25. The molecule has 17 heavy (non-hydrogen) atoms. The predicted octanol–water partition coefficient (Wildman–Crippen LogP) is 1.62. The Morgan fingerprint density at radius 2 is 2.47 bits per heavy atom. The fourth-order valence-corrected chi connectivity index (χ4v) is 2.26. The van der Waals surface area contributed by atoms with E-state index in [1.165, 1.54) is 0 Å². The maximum atomic E-state index is 10.6. The second kappa shape index (κ2) is 5.12. The molecular formula is C12H17N3O2. The van der Waals surface area contributed by atoms with E-state index in [1.54, 1.807) is 6.20 Å². The van der Waals surface area contributed by atoms with Crippen LogP contribution in [0.1, 0.15) is 31.4 Å². The van der Waals surface area contributed by atoms with Crippen LogP contribution in [-0.2, 0) is 4.79 Å². The van der Waals surface area contributed by atoms with Gasteiger partial charge in [-0.3, -0.25) is 4.79 Å². The van der Waals surface area contributed by atoms with Crippen LogP contribution in [0.2, 0.25) is 0 Å². The van der Waals surface area contributed by atoms with Crippen molar-refractivity contribution in [2.24, 2.45) is 0 Å². The molecule has 92 valence electrons. The molecule has 0 bridgehead atoms. The molecular weight excluding hydrogens is 218 g/mol. The van der Waals surface area contributed by atoms with Crippen LogP contribution in [0.5, 0.6) is 0 Å². The van der Waals surface area contributed by atoms with Crippen molar-refractivity contribution >= 4 is 11.9 Å². The van der Waals surface area contributed by atoms with Crippen molar-refractivity contribution in [2.75, 3.05) is 11.4 Å². The number of hydrogen-bond acceptors (Lipinski definition) is 4. The van der Waals surface area contributed by atoms with Crippen LogP contribution >= 0.6 is 0 Å². The highest BCUT2D eigenvalue weighted by atomic mass is 16.4. The largest absolute Gasteiger partial charge is 0.481 e. The van der Waals surface area contributed by atoms with Gasteiger partial charge in [-0.15, -0.1) is 0 Å². The van der Waals surface area contributed by atoms with Gasteiger partial charge in [-0.25, -0.2) is 9.97 Å². The molecule has 0 spiro atoms. The average molecular weight is 235 g/mol. The Labute approximate surface area is 100 Å². The molecule has 1 saturated heterocycles. The van der Waals surface area contributed by atoms with Crippen LogP contribution in [0.3, 0.4) is 0 Å². The van der Waals surface area contributed by atoms with Gasteiger partial charge in [0.05, 0.1) is 0 Å². The summed E-state index contributed by atoms with van der Waals surface area (Å²) in [7, 11) is 0. The molecule has 0 aromatic carbocycles. The van der Waals surface area contributed by atoms with Crippen LogP contribution in [0, 0.1) is 6.92 Å². The molecule has 5 nitrogen and oxygen atoms in total. The lowest BCUT2D eigenvalue weighted by molar-refractivity contribution is -0.137. The normalized spacial score (nSPS) is 19.6. The van der Waals surface area contributed by atoms with Crippen LogP contribution in [0.15, 0.2) is 12.3 Å². The first kappa shape index (κ1) is 11.8. The smallest absolute Gasteiger partial charge is 0.303 e. The highest BCUT2D eigenvalue weighted by molar-refractivity contribution is 5.66. The third kappa shape index (κ3) is 2.93. The van der Waals surface area contributed by atoms with Gasteiger partial charge in [-0.1, -0.05) is 0 Å². The van der Waals surface area contributed by atoms with E-state index >= 15 is 0 Å². The number of aryl methyl sites for hydroxylation is 1. The summed E-state index contributed by atoms with van der Waals surface area (Å²) >= 11 is 0. The monoisotopic (exact) mass is 235 g/mol. The number of aromatic nitrogens is 2. The van der Waals surface area contributed by atoms with Gasteiger partial charge >= 0.3 is 5.97 Å². The van der Waals surface area contributed by atoms with E-state index in [-0.39, 0.29) is 12.5 Å². The molecule has 0 aliphatic carbocycles. The minimum atomic E-state index is -0.734. The summed E-state index contributed by atoms with van der Waals surface area (Å²) in [5, 5.41) is 8.72. The maximum Gasteiger partial charge on any atom is 0.303 e. The third-order valence-corrected chi connectivity index (χ3v) is 3.11. The summed E-state index contributed by atoms with van der Waals surface area (Å²) in [5.41, 5.74) is 0.943. The number of nitrogens with zero attached hydrogens (tertiary/aromatic N) is 3. The Balaban J connectivity index is 2.06. The molecule has 1 aliphatic rings. The van der Waals surface area contributed by atoms with Gasteiger partial charge in [0.1, 0.15) is 0 Å². The van der Waals surface area contributed by atoms with Crippen molar-refractivity contribution in [1.29, 1.82) is 0 Å². The van der Waals surface area contributed by atoms with Crippen molar-refractivity contribution in [3.05, 3.63) is 18.0 Å². The molecule has 1 aliphatic heterocycles. The fraction of sp³-hybridized carbons (Fsp3) is 0.583. The number of hydrogen-bond donors (Lipinski definition) is 1. The number of carboxylic acids is 1. The number of aliphatic carboxylic acids is 1. The van der Waals surface area contributed by atoms with E-state index in [4.69, 9.17) is 5.11 Å². The van der Waals surface area contributed by atoms with Crippen LogP contribution in [-0.4, -0.2) is 33.6 Å². The van der Waals surface area contributed by atoms with Gasteiger partial charge in [0.2, 0.25) is 5.95 Å². The van der Waals surface area contributed by atoms with E-state index in [2.05, 4.69) is 14.9 Å². The summed E-state index contributed by atoms with van der Waals surface area (Å²) < 4.78 is 0. The molecule has 1 N–H and O–H groups in total. The summed E-state index contributed by atoms with van der Waals surface area (Å²) in [6.45, 7) is 2.86. The quantitative estimate of drug-likeness (QED) is 0.859. The standard InChI is InChI=1S/C12H17N3O2/c1-9-6-7-13-12(14-9)15-8-2-3-10(15)4-5-11(16)17/h6-7,10H,2-5,8H2,1H3,(H,16,17). The van der Waals surface area contributed by atoms with Gasteiger partial charge in [0.15, 0.2) is 0 Å². The number of carbonyl (C=O) groups is 1. The lowest BCUT2D eigenvalue weighted by atomic mass is 10.1. The van der Waals surface area contributed by atoms with Crippen LogP contribution in [0.4, 0.5) is 5.95 Å². The molecule has 2 heterocycles. The molecule has 2 rings (SSSR count). The van der Waals surface area contributed by atoms with Crippen molar-refractivity contribution in [3.8, 4) is 0 Å². The van der Waals surface area contributed by atoms with Crippen molar-refractivity contribution < 1.29 is 9.90 Å². The van der Waals surface area contributed by atoms with Gasteiger partial charge in [0.25, 0.3) is 0 Å². The molecule has 5 heteroatoms. The lowest BCUT2D eigenvalue weighted by Crippen LogP contribution is -2.31. The maximum absolute atomic E-state index is 10.6. The van der Waals surface area contributed by atoms with Crippen molar-refractivity contribution in [3.63, 3.8) is 0 Å². The molecule has 0 saturated carbocycles. The molecule has 0 radical (unpaired) electrons. The lowest BCUT2D eigenvalue weighted by Gasteiger charge is -2.24. The topological polar surface area (TPSA) is 66.3 Å². The summed E-state index contributed by atoms with van der Waals surface area (Å²) in [6, 6.07) is 2.14. The SMILES string of the molecule is Cc1ccnc(N2CCCC2CCC(=O)O)n1. The second-order valence-corrected chi connectivity index (χ2v) is 4.42. The van der Waals surface area contributed by atoms with Crippen molar-refractivity contribution in [2.45, 2.75) is 38.6 Å². The van der Waals surface area contributed by atoms with E-state index in [1.807, 2.05) is 13.0 Å². The molecule has 1 aromatic heterocycles. The zero-order valence-electron chi connectivity index (χ0n) is 9.96. The highest BCUT2D eigenvalue weighted by Gasteiger charge is 2.26.